The Hall–Kier alpha value is -3.44. The van der Waals surface area contributed by atoms with Crippen LogP contribution in [0, 0.1) is 6.92 Å². The van der Waals surface area contributed by atoms with Gasteiger partial charge in [0.15, 0.2) is 0 Å². The molecule has 0 radical (unpaired) electrons. The first-order valence-electron chi connectivity index (χ1n) is 9.50. The van der Waals surface area contributed by atoms with Crippen molar-refractivity contribution in [2.24, 2.45) is 0 Å². The van der Waals surface area contributed by atoms with Gasteiger partial charge in [-0.25, -0.2) is 0 Å². The molecule has 5 nitrogen and oxygen atoms in total. The van der Waals surface area contributed by atoms with Crippen molar-refractivity contribution in [1.82, 2.24) is 4.90 Å². The Morgan fingerprint density at radius 2 is 1.48 bits per heavy atom. The van der Waals surface area contributed by atoms with E-state index in [1.807, 2.05) is 67.4 Å². The highest BCUT2D eigenvalue weighted by atomic mass is 16.2. The third-order valence-corrected chi connectivity index (χ3v) is 4.42. The van der Waals surface area contributed by atoms with Gasteiger partial charge in [-0.1, -0.05) is 48.0 Å². The fourth-order valence-electron chi connectivity index (χ4n) is 3.02. The van der Waals surface area contributed by atoms with Gasteiger partial charge in [-0.3, -0.25) is 14.5 Å². The Kier molecular flexibility index (Phi) is 6.76. The lowest BCUT2D eigenvalue weighted by molar-refractivity contribution is -0.117. The lowest BCUT2D eigenvalue weighted by Gasteiger charge is -2.16. The van der Waals surface area contributed by atoms with Crippen molar-refractivity contribution in [3.05, 3.63) is 95.6 Å². The van der Waals surface area contributed by atoms with Crippen molar-refractivity contribution in [1.29, 1.82) is 0 Å². The SMILES string of the molecule is Cc1cccc(C(=O)Nc2ccc(NC(=O)CN(C)Cc3ccccc3)cc2)c1. The number of hydrogen-bond donors (Lipinski definition) is 2. The highest BCUT2D eigenvalue weighted by Gasteiger charge is 2.09. The van der Waals surface area contributed by atoms with E-state index in [-0.39, 0.29) is 11.8 Å². The molecule has 0 heterocycles. The second-order valence-corrected chi connectivity index (χ2v) is 7.11. The molecule has 0 fully saturated rings. The minimum atomic E-state index is -0.159. The first-order valence-corrected chi connectivity index (χ1v) is 9.50. The number of anilines is 2. The number of amides is 2. The molecule has 0 aliphatic carbocycles. The van der Waals surface area contributed by atoms with Gasteiger partial charge in [0.25, 0.3) is 5.91 Å². The summed E-state index contributed by atoms with van der Waals surface area (Å²) in [6.45, 7) is 2.95. The van der Waals surface area contributed by atoms with E-state index >= 15 is 0 Å². The Morgan fingerprint density at radius 3 is 2.14 bits per heavy atom. The van der Waals surface area contributed by atoms with E-state index in [4.69, 9.17) is 0 Å². The van der Waals surface area contributed by atoms with Gasteiger partial charge in [0.2, 0.25) is 5.91 Å². The van der Waals surface area contributed by atoms with Crippen LogP contribution in [0.25, 0.3) is 0 Å². The molecule has 3 aromatic carbocycles. The quantitative estimate of drug-likeness (QED) is 0.635. The van der Waals surface area contributed by atoms with Crippen LogP contribution in [-0.4, -0.2) is 30.3 Å². The minimum Gasteiger partial charge on any atom is -0.325 e. The number of likely N-dealkylation sites (N-methyl/N-ethyl adjacent to an activating group) is 1. The molecule has 2 amide bonds. The largest absolute Gasteiger partial charge is 0.325 e. The fourth-order valence-corrected chi connectivity index (χ4v) is 3.02. The smallest absolute Gasteiger partial charge is 0.255 e. The maximum Gasteiger partial charge on any atom is 0.255 e. The number of aryl methyl sites for hydroxylation is 1. The first kappa shape index (κ1) is 20.3. The zero-order chi connectivity index (χ0) is 20.6. The summed E-state index contributed by atoms with van der Waals surface area (Å²) in [7, 11) is 1.91. The Balaban J connectivity index is 1.50. The van der Waals surface area contributed by atoms with Crippen LogP contribution >= 0.6 is 0 Å². The summed E-state index contributed by atoms with van der Waals surface area (Å²) < 4.78 is 0. The molecule has 0 aromatic heterocycles. The number of nitrogens with zero attached hydrogens (tertiary/aromatic N) is 1. The Labute approximate surface area is 171 Å². The third-order valence-electron chi connectivity index (χ3n) is 4.42. The molecule has 0 spiro atoms. The maximum absolute atomic E-state index is 12.3. The van der Waals surface area contributed by atoms with Gasteiger partial charge in [0.05, 0.1) is 6.54 Å². The average Bonchev–Trinajstić information content (AvgIpc) is 2.70. The van der Waals surface area contributed by atoms with Crippen molar-refractivity contribution in [3.63, 3.8) is 0 Å². The lowest BCUT2D eigenvalue weighted by atomic mass is 10.1. The lowest BCUT2D eigenvalue weighted by Crippen LogP contribution is -2.29. The molecule has 0 aliphatic rings. The average molecular weight is 387 g/mol. The highest BCUT2D eigenvalue weighted by molar-refractivity contribution is 6.04. The number of carbonyl (C=O) groups excluding carboxylic acids is 2. The number of benzene rings is 3. The van der Waals surface area contributed by atoms with Crippen LogP contribution in [0.15, 0.2) is 78.9 Å². The summed E-state index contributed by atoms with van der Waals surface area (Å²) in [5.74, 6) is -0.243. The van der Waals surface area contributed by atoms with Gasteiger partial charge in [-0.2, -0.15) is 0 Å². The summed E-state index contributed by atoms with van der Waals surface area (Å²) >= 11 is 0. The van der Waals surface area contributed by atoms with Gasteiger partial charge >= 0.3 is 0 Å². The van der Waals surface area contributed by atoms with E-state index in [2.05, 4.69) is 10.6 Å². The van der Waals surface area contributed by atoms with Crippen LogP contribution in [0.1, 0.15) is 21.5 Å². The topological polar surface area (TPSA) is 61.4 Å². The highest BCUT2D eigenvalue weighted by Crippen LogP contribution is 2.15. The molecule has 148 valence electrons. The second-order valence-electron chi connectivity index (χ2n) is 7.11. The molecule has 0 bridgehead atoms. The standard InChI is InChI=1S/C24H25N3O2/c1-18-7-6-10-20(15-18)24(29)26-22-13-11-21(12-14-22)25-23(28)17-27(2)16-19-8-4-3-5-9-19/h3-15H,16-17H2,1-2H3,(H,25,28)(H,26,29). The molecule has 3 aromatic rings. The van der Waals surface area contributed by atoms with Gasteiger partial charge in [0.1, 0.15) is 0 Å². The number of hydrogen-bond acceptors (Lipinski definition) is 3. The zero-order valence-corrected chi connectivity index (χ0v) is 16.7. The molecular weight excluding hydrogens is 362 g/mol. The van der Waals surface area contributed by atoms with Crippen molar-refractivity contribution < 1.29 is 9.59 Å². The summed E-state index contributed by atoms with van der Waals surface area (Å²) in [6, 6.07) is 24.6. The maximum atomic E-state index is 12.3. The third kappa shape index (κ3) is 6.30. The van der Waals surface area contributed by atoms with Crippen molar-refractivity contribution in [2.45, 2.75) is 13.5 Å². The first-order chi connectivity index (χ1) is 14.0. The van der Waals surface area contributed by atoms with Gasteiger partial charge < -0.3 is 10.6 Å². The van der Waals surface area contributed by atoms with E-state index in [1.54, 1.807) is 30.3 Å². The predicted molar refractivity (Wildman–Crippen MR) is 117 cm³/mol. The number of carbonyl (C=O) groups is 2. The van der Waals surface area contributed by atoms with E-state index in [1.165, 1.54) is 0 Å². The van der Waals surface area contributed by atoms with E-state index < -0.39 is 0 Å². The van der Waals surface area contributed by atoms with Crippen LogP contribution in [0.5, 0.6) is 0 Å². The van der Waals surface area contributed by atoms with Crippen molar-refractivity contribution in [2.75, 3.05) is 24.2 Å². The molecule has 5 heteroatoms. The van der Waals surface area contributed by atoms with Gasteiger partial charge in [0, 0.05) is 23.5 Å². The zero-order valence-electron chi connectivity index (χ0n) is 16.7. The van der Waals surface area contributed by atoms with Gasteiger partial charge in [-0.05, 0) is 55.9 Å². The summed E-state index contributed by atoms with van der Waals surface area (Å²) in [5, 5.41) is 5.75. The summed E-state index contributed by atoms with van der Waals surface area (Å²) in [5.41, 5.74) is 4.18. The monoisotopic (exact) mass is 387 g/mol. The second kappa shape index (κ2) is 9.66. The molecule has 0 aliphatic heterocycles. The molecule has 0 saturated heterocycles. The molecule has 2 N–H and O–H groups in total. The van der Waals surface area contributed by atoms with E-state index in [0.717, 1.165) is 11.1 Å². The number of rotatable bonds is 7. The molecule has 0 saturated carbocycles. The minimum absolute atomic E-state index is 0.0834. The van der Waals surface area contributed by atoms with Gasteiger partial charge in [-0.15, -0.1) is 0 Å². The predicted octanol–water partition coefficient (Wildman–Crippen LogP) is 4.32. The van der Waals surface area contributed by atoms with Crippen LogP contribution in [0.4, 0.5) is 11.4 Å². The molecular formula is C24H25N3O2. The number of nitrogens with one attached hydrogen (secondary N) is 2. The van der Waals surface area contributed by atoms with E-state index in [0.29, 0.717) is 30.0 Å². The van der Waals surface area contributed by atoms with E-state index in [9.17, 15) is 9.59 Å². The van der Waals surface area contributed by atoms with Crippen LogP contribution < -0.4 is 10.6 Å². The van der Waals surface area contributed by atoms with Crippen molar-refractivity contribution in [3.8, 4) is 0 Å². The Bertz CT molecular complexity index is 969. The summed E-state index contributed by atoms with van der Waals surface area (Å²) in [6.07, 6.45) is 0. The fraction of sp³-hybridized carbons (Fsp3) is 0.167. The molecule has 3 rings (SSSR count). The van der Waals surface area contributed by atoms with Crippen LogP contribution in [-0.2, 0) is 11.3 Å². The molecule has 0 unspecified atom stereocenters. The van der Waals surface area contributed by atoms with Crippen LogP contribution in [0.3, 0.4) is 0 Å². The summed E-state index contributed by atoms with van der Waals surface area (Å²) in [4.78, 5) is 26.5. The van der Waals surface area contributed by atoms with Crippen LogP contribution in [0.2, 0.25) is 0 Å². The Morgan fingerprint density at radius 1 is 0.828 bits per heavy atom. The van der Waals surface area contributed by atoms with Crippen molar-refractivity contribution >= 4 is 23.2 Å². The molecule has 0 atom stereocenters. The normalized spacial score (nSPS) is 10.6. The molecule has 29 heavy (non-hydrogen) atoms.